The van der Waals surface area contributed by atoms with Crippen molar-refractivity contribution in [3.63, 3.8) is 0 Å². The summed E-state index contributed by atoms with van der Waals surface area (Å²) in [5.74, 6) is 0.663. The molecule has 1 aliphatic rings. The maximum absolute atomic E-state index is 10.2. The minimum absolute atomic E-state index is 0.107. The molecule has 0 aliphatic heterocycles. The van der Waals surface area contributed by atoms with Gasteiger partial charge in [-0.2, -0.15) is 5.10 Å². The van der Waals surface area contributed by atoms with Crippen LogP contribution in [0, 0.1) is 0 Å². The van der Waals surface area contributed by atoms with Crippen LogP contribution in [-0.2, 0) is 19.9 Å². The number of nitrogens with zero attached hydrogens (tertiary/aromatic N) is 2. The molecule has 4 nitrogen and oxygen atoms in total. The zero-order valence-corrected chi connectivity index (χ0v) is 10.8. The lowest BCUT2D eigenvalue weighted by molar-refractivity contribution is 0.476. The average molecular weight is 264 g/mol. The quantitative estimate of drug-likeness (QED) is 0.831. The average Bonchev–Trinajstić information content (AvgIpc) is 2.92. The van der Waals surface area contributed by atoms with Crippen molar-refractivity contribution in [3.8, 4) is 17.0 Å². The molecule has 1 aliphatic carbocycles. The number of hydrogen-bond donors (Lipinski definition) is 2. The molecule has 0 unspecified atom stereocenters. The minimum Gasteiger partial charge on any atom is -0.506 e. The minimum atomic E-state index is 0.107. The molecule has 0 saturated heterocycles. The lowest BCUT2D eigenvalue weighted by Crippen LogP contribution is -1.96. The van der Waals surface area contributed by atoms with Gasteiger partial charge in [0.2, 0.25) is 0 Å². The Labute approximate surface area is 110 Å². The first-order valence-electron chi connectivity index (χ1n) is 5.91. The molecular weight excluding hydrogens is 250 g/mol. The van der Waals surface area contributed by atoms with Crippen molar-refractivity contribution in [2.75, 3.05) is 5.73 Å². The van der Waals surface area contributed by atoms with Crippen molar-refractivity contribution in [1.82, 2.24) is 9.78 Å². The predicted molar refractivity (Wildman–Crippen MR) is 71.8 cm³/mol. The summed E-state index contributed by atoms with van der Waals surface area (Å²) in [5.41, 5.74) is 9.36. The summed E-state index contributed by atoms with van der Waals surface area (Å²) < 4.78 is 1.58. The van der Waals surface area contributed by atoms with E-state index in [9.17, 15) is 5.11 Å². The van der Waals surface area contributed by atoms with E-state index in [2.05, 4.69) is 5.10 Å². The Bertz CT molecular complexity index is 614. The summed E-state index contributed by atoms with van der Waals surface area (Å²) in [5, 5.41) is 14.9. The van der Waals surface area contributed by atoms with Crippen LogP contribution in [-0.4, -0.2) is 14.9 Å². The molecule has 1 aromatic heterocycles. The lowest BCUT2D eigenvalue weighted by atomic mass is 10.0. The smallest absolute Gasteiger partial charge is 0.143 e. The topological polar surface area (TPSA) is 64.1 Å². The number of anilines is 1. The molecular formula is C13H14ClN3O. The highest BCUT2D eigenvalue weighted by Gasteiger charge is 2.22. The van der Waals surface area contributed by atoms with Crippen molar-refractivity contribution in [2.24, 2.45) is 7.05 Å². The van der Waals surface area contributed by atoms with Crippen LogP contribution < -0.4 is 5.73 Å². The number of aromatic nitrogens is 2. The largest absolute Gasteiger partial charge is 0.506 e. The zero-order chi connectivity index (χ0) is 12.9. The van der Waals surface area contributed by atoms with Gasteiger partial charge in [0, 0.05) is 18.7 Å². The standard InChI is InChI=1S/C13H14ClN3O/c1-17-11(15)6-10(16-17)9-5-7-3-2-4-8(7)12(14)13(9)18/h5-6,18H,2-4,15H2,1H3. The first-order chi connectivity index (χ1) is 8.58. The van der Waals surface area contributed by atoms with Crippen molar-refractivity contribution in [1.29, 1.82) is 0 Å². The van der Waals surface area contributed by atoms with Crippen LogP contribution in [0.2, 0.25) is 5.02 Å². The fourth-order valence-electron chi connectivity index (χ4n) is 2.49. The van der Waals surface area contributed by atoms with Gasteiger partial charge in [0.1, 0.15) is 11.6 Å². The van der Waals surface area contributed by atoms with Gasteiger partial charge in [0.15, 0.2) is 0 Å². The van der Waals surface area contributed by atoms with E-state index in [1.165, 1.54) is 5.56 Å². The molecule has 0 saturated carbocycles. The molecule has 0 amide bonds. The van der Waals surface area contributed by atoms with Gasteiger partial charge in [-0.1, -0.05) is 11.6 Å². The normalized spacial score (nSPS) is 13.9. The number of fused-ring (bicyclic) bond motifs is 1. The second-order valence-electron chi connectivity index (χ2n) is 4.66. The molecule has 0 radical (unpaired) electrons. The third-order valence-corrected chi connectivity index (χ3v) is 3.91. The molecule has 0 spiro atoms. The Morgan fingerprint density at radius 2 is 2.17 bits per heavy atom. The van der Waals surface area contributed by atoms with Crippen LogP contribution in [0.1, 0.15) is 17.5 Å². The summed E-state index contributed by atoms with van der Waals surface area (Å²) >= 11 is 6.22. The Hall–Kier alpha value is -1.68. The molecule has 0 fully saturated rings. The van der Waals surface area contributed by atoms with Crippen LogP contribution in [0.4, 0.5) is 5.82 Å². The zero-order valence-electron chi connectivity index (χ0n) is 10.1. The van der Waals surface area contributed by atoms with Crippen molar-refractivity contribution in [3.05, 3.63) is 28.3 Å². The molecule has 1 aromatic carbocycles. The molecule has 0 bridgehead atoms. The number of hydrogen-bond acceptors (Lipinski definition) is 3. The number of aryl methyl sites for hydroxylation is 2. The Balaban J connectivity index is 2.21. The Kier molecular flexibility index (Phi) is 2.48. The molecule has 1 heterocycles. The highest BCUT2D eigenvalue weighted by Crippen LogP contribution is 2.42. The van der Waals surface area contributed by atoms with E-state index in [0.717, 1.165) is 24.8 Å². The van der Waals surface area contributed by atoms with E-state index in [0.29, 0.717) is 22.1 Å². The van der Waals surface area contributed by atoms with E-state index < -0.39 is 0 Å². The monoisotopic (exact) mass is 263 g/mol. The summed E-state index contributed by atoms with van der Waals surface area (Å²) in [6.45, 7) is 0. The summed E-state index contributed by atoms with van der Waals surface area (Å²) in [6, 6.07) is 3.72. The lowest BCUT2D eigenvalue weighted by Gasteiger charge is -2.09. The number of rotatable bonds is 1. The molecule has 5 heteroatoms. The van der Waals surface area contributed by atoms with Crippen LogP contribution >= 0.6 is 11.6 Å². The molecule has 94 valence electrons. The highest BCUT2D eigenvalue weighted by atomic mass is 35.5. The van der Waals surface area contributed by atoms with E-state index in [4.69, 9.17) is 17.3 Å². The molecule has 0 atom stereocenters. The first kappa shape index (κ1) is 11.4. The second kappa shape index (κ2) is 3.92. The second-order valence-corrected chi connectivity index (χ2v) is 5.03. The van der Waals surface area contributed by atoms with E-state index in [-0.39, 0.29) is 5.75 Å². The number of aromatic hydroxyl groups is 1. The van der Waals surface area contributed by atoms with Crippen LogP contribution in [0.3, 0.4) is 0 Å². The molecule has 2 aromatic rings. The van der Waals surface area contributed by atoms with Gasteiger partial charge in [-0.25, -0.2) is 0 Å². The number of nitrogen functional groups attached to an aromatic ring is 1. The summed E-state index contributed by atoms with van der Waals surface area (Å²) in [7, 11) is 1.77. The van der Waals surface area contributed by atoms with Gasteiger partial charge < -0.3 is 10.8 Å². The molecule has 18 heavy (non-hydrogen) atoms. The van der Waals surface area contributed by atoms with Crippen molar-refractivity contribution >= 4 is 17.4 Å². The number of phenols is 1. The van der Waals surface area contributed by atoms with E-state index in [1.807, 2.05) is 6.07 Å². The van der Waals surface area contributed by atoms with Gasteiger partial charge in [-0.05, 0) is 36.5 Å². The van der Waals surface area contributed by atoms with Gasteiger partial charge >= 0.3 is 0 Å². The van der Waals surface area contributed by atoms with Crippen LogP contribution in [0.15, 0.2) is 12.1 Å². The number of phenolic OH excluding ortho intramolecular Hbond substituents is 1. The van der Waals surface area contributed by atoms with Crippen LogP contribution in [0.25, 0.3) is 11.3 Å². The molecule has 3 N–H and O–H groups in total. The highest BCUT2D eigenvalue weighted by molar-refractivity contribution is 6.33. The molecule has 3 rings (SSSR count). The van der Waals surface area contributed by atoms with Gasteiger partial charge in [0.25, 0.3) is 0 Å². The third-order valence-electron chi connectivity index (χ3n) is 3.50. The van der Waals surface area contributed by atoms with Gasteiger partial charge in [-0.3, -0.25) is 4.68 Å². The maximum Gasteiger partial charge on any atom is 0.143 e. The predicted octanol–water partition coefficient (Wildman–Crippen LogP) is 2.52. The number of benzene rings is 1. The van der Waals surface area contributed by atoms with Crippen molar-refractivity contribution < 1.29 is 5.11 Å². The van der Waals surface area contributed by atoms with E-state index >= 15 is 0 Å². The van der Waals surface area contributed by atoms with Gasteiger partial charge in [-0.15, -0.1) is 0 Å². The summed E-state index contributed by atoms with van der Waals surface area (Å²) in [6.07, 6.45) is 3.03. The number of nitrogens with two attached hydrogens (primary N) is 1. The Morgan fingerprint density at radius 1 is 1.39 bits per heavy atom. The third kappa shape index (κ3) is 1.56. The van der Waals surface area contributed by atoms with Crippen LogP contribution in [0.5, 0.6) is 5.75 Å². The SMILES string of the molecule is Cn1nc(-c2cc3c(c(Cl)c2O)CCC3)cc1N. The summed E-state index contributed by atoms with van der Waals surface area (Å²) in [4.78, 5) is 0. The fourth-order valence-corrected chi connectivity index (χ4v) is 2.81. The number of halogens is 1. The van der Waals surface area contributed by atoms with Crippen molar-refractivity contribution in [2.45, 2.75) is 19.3 Å². The Morgan fingerprint density at radius 3 is 2.83 bits per heavy atom. The maximum atomic E-state index is 10.2. The van der Waals surface area contributed by atoms with E-state index in [1.54, 1.807) is 17.8 Å². The van der Waals surface area contributed by atoms with Gasteiger partial charge in [0.05, 0.1) is 10.7 Å². The fraction of sp³-hybridized carbons (Fsp3) is 0.308. The first-order valence-corrected chi connectivity index (χ1v) is 6.29.